The molecule has 6 aromatic carbocycles. The Morgan fingerprint density at radius 2 is 1.16 bits per heavy atom. The normalized spacial score (nSPS) is 11.7. The molecule has 0 spiro atoms. The molecule has 0 saturated heterocycles. The van der Waals surface area contributed by atoms with Crippen LogP contribution in [0.2, 0.25) is 0 Å². The molecule has 0 atom stereocenters. The van der Waals surface area contributed by atoms with E-state index in [1.54, 1.807) is 22.7 Å². The van der Waals surface area contributed by atoms with Gasteiger partial charge in [-0.25, -0.2) is 9.97 Å². The van der Waals surface area contributed by atoms with Gasteiger partial charge in [0.05, 0.1) is 43.1 Å². The minimum atomic E-state index is 0.677. The molecule has 0 unspecified atom stereocenters. The van der Waals surface area contributed by atoms with Gasteiger partial charge in [-0.1, -0.05) is 42.5 Å². The lowest BCUT2D eigenvalue weighted by Crippen LogP contribution is -1.94. The largest absolute Gasteiger partial charge is 0.309 e. The van der Waals surface area contributed by atoms with Gasteiger partial charge in [-0.05, 0) is 84.2 Å². The van der Waals surface area contributed by atoms with Crippen LogP contribution in [0.4, 0.5) is 0 Å². The van der Waals surface area contributed by atoms with Crippen LogP contribution in [0, 0.1) is 11.3 Å². The van der Waals surface area contributed by atoms with Crippen LogP contribution in [0.3, 0.4) is 0 Å². The van der Waals surface area contributed by atoms with E-state index in [-0.39, 0.29) is 0 Å². The van der Waals surface area contributed by atoms with Crippen molar-refractivity contribution in [1.82, 2.24) is 14.5 Å². The van der Waals surface area contributed by atoms with Crippen LogP contribution in [-0.2, 0) is 0 Å². The molecule has 0 amide bonds. The maximum absolute atomic E-state index is 9.82. The second kappa shape index (κ2) is 9.33. The summed E-state index contributed by atoms with van der Waals surface area (Å²) in [4.78, 5) is 9.90. The molecule has 0 N–H and O–H groups in total. The Kier molecular flexibility index (Phi) is 5.27. The zero-order chi connectivity index (χ0) is 28.5. The highest BCUT2D eigenvalue weighted by molar-refractivity contribution is 7.22. The molecule has 43 heavy (non-hydrogen) atoms. The van der Waals surface area contributed by atoms with E-state index >= 15 is 0 Å². The molecule has 0 aliphatic rings. The van der Waals surface area contributed by atoms with E-state index in [9.17, 15) is 5.26 Å². The highest BCUT2D eigenvalue weighted by Gasteiger charge is 2.17. The molecule has 3 aromatic heterocycles. The van der Waals surface area contributed by atoms with Crippen molar-refractivity contribution in [2.75, 3.05) is 0 Å². The lowest BCUT2D eigenvalue weighted by molar-refractivity contribution is 1.19. The second-order valence-corrected chi connectivity index (χ2v) is 12.7. The predicted molar refractivity (Wildman–Crippen MR) is 180 cm³/mol. The molecule has 0 aliphatic carbocycles. The molecule has 200 valence electrons. The lowest BCUT2D eigenvalue weighted by atomic mass is 10.0. The summed E-state index contributed by atoms with van der Waals surface area (Å²) in [6, 6.07) is 44.5. The average Bonchev–Trinajstić information content (AvgIpc) is 3.77. The zero-order valence-electron chi connectivity index (χ0n) is 22.7. The van der Waals surface area contributed by atoms with Crippen molar-refractivity contribution >= 4 is 75.7 Å². The van der Waals surface area contributed by atoms with Crippen molar-refractivity contribution in [3.8, 4) is 32.9 Å². The molecular weight excluding hydrogens is 565 g/mol. The molecule has 0 aliphatic heterocycles. The number of nitrogens with zero attached hydrogens (tertiary/aromatic N) is 4. The van der Waals surface area contributed by atoms with Crippen molar-refractivity contribution < 1.29 is 0 Å². The predicted octanol–water partition coefficient (Wildman–Crippen LogP) is 10.4. The topological polar surface area (TPSA) is 54.5 Å². The standard InChI is InChI=1S/C37H20N4S2/c38-21-25-7-5-6-22-12-15-26(20-27(22)25)41-32-16-13-23(36-39-30-8-1-3-10-34(30)42-36)18-28(32)29-19-24(14-17-33(29)41)37-40-31-9-2-4-11-35(31)43-37/h1-20H. The summed E-state index contributed by atoms with van der Waals surface area (Å²) in [5.41, 5.74) is 8.16. The summed E-state index contributed by atoms with van der Waals surface area (Å²) >= 11 is 3.44. The summed E-state index contributed by atoms with van der Waals surface area (Å²) in [6.45, 7) is 0. The molecule has 0 saturated carbocycles. The second-order valence-electron chi connectivity index (χ2n) is 10.6. The minimum absolute atomic E-state index is 0.677. The van der Waals surface area contributed by atoms with E-state index in [0.717, 1.165) is 70.4 Å². The van der Waals surface area contributed by atoms with Crippen LogP contribution in [0.15, 0.2) is 121 Å². The Balaban J connectivity index is 1.32. The molecule has 0 radical (unpaired) electrons. The van der Waals surface area contributed by atoms with Gasteiger partial charge in [-0.3, -0.25) is 0 Å². The maximum atomic E-state index is 9.82. The first-order chi connectivity index (χ1) is 21.2. The van der Waals surface area contributed by atoms with Gasteiger partial charge in [0.15, 0.2) is 0 Å². The third-order valence-corrected chi connectivity index (χ3v) is 10.3. The highest BCUT2D eigenvalue weighted by atomic mass is 32.1. The Labute approximate surface area is 254 Å². The van der Waals surface area contributed by atoms with Crippen LogP contribution in [0.25, 0.3) is 79.8 Å². The fraction of sp³-hybridized carbons (Fsp3) is 0. The number of rotatable bonds is 3. The molecule has 9 aromatic rings. The first-order valence-electron chi connectivity index (χ1n) is 14.0. The average molecular weight is 585 g/mol. The van der Waals surface area contributed by atoms with Crippen LogP contribution < -0.4 is 0 Å². The molecule has 0 fully saturated rings. The van der Waals surface area contributed by atoms with Gasteiger partial charge in [0.25, 0.3) is 0 Å². The van der Waals surface area contributed by atoms with E-state index in [1.165, 1.54) is 9.40 Å². The Morgan fingerprint density at radius 3 is 1.74 bits per heavy atom. The fourth-order valence-electron chi connectivity index (χ4n) is 6.06. The highest BCUT2D eigenvalue weighted by Crippen LogP contribution is 2.40. The van der Waals surface area contributed by atoms with Crippen molar-refractivity contribution in [2.24, 2.45) is 0 Å². The maximum Gasteiger partial charge on any atom is 0.124 e. The van der Waals surface area contributed by atoms with Crippen LogP contribution in [0.1, 0.15) is 5.56 Å². The number of nitriles is 1. The molecule has 9 rings (SSSR count). The van der Waals surface area contributed by atoms with Gasteiger partial charge in [0.1, 0.15) is 10.0 Å². The van der Waals surface area contributed by atoms with Crippen LogP contribution in [0.5, 0.6) is 0 Å². The number of hydrogen-bond acceptors (Lipinski definition) is 5. The van der Waals surface area contributed by atoms with E-state index in [4.69, 9.17) is 9.97 Å². The number of benzene rings is 6. The van der Waals surface area contributed by atoms with E-state index in [2.05, 4.69) is 108 Å². The molecule has 0 bridgehead atoms. The Hall–Kier alpha value is -5.35. The Morgan fingerprint density at radius 1 is 0.558 bits per heavy atom. The number of fused-ring (bicyclic) bond motifs is 6. The lowest BCUT2D eigenvalue weighted by Gasteiger charge is -2.10. The number of para-hydroxylation sites is 2. The summed E-state index contributed by atoms with van der Waals surface area (Å²) < 4.78 is 4.67. The van der Waals surface area contributed by atoms with Crippen molar-refractivity contribution in [3.05, 3.63) is 127 Å². The fourth-order valence-corrected chi connectivity index (χ4v) is 7.98. The summed E-state index contributed by atoms with van der Waals surface area (Å²) in [5, 5.41) is 16.2. The first-order valence-corrected chi connectivity index (χ1v) is 15.6. The molecular formula is C37H20N4S2. The first kappa shape index (κ1) is 24.3. The van der Waals surface area contributed by atoms with E-state index in [0.29, 0.717) is 5.56 Å². The number of hydrogen-bond donors (Lipinski definition) is 0. The van der Waals surface area contributed by atoms with Gasteiger partial charge in [-0.2, -0.15) is 5.26 Å². The van der Waals surface area contributed by atoms with Gasteiger partial charge in [-0.15, -0.1) is 22.7 Å². The van der Waals surface area contributed by atoms with Crippen LogP contribution >= 0.6 is 22.7 Å². The van der Waals surface area contributed by atoms with Gasteiger partial charge in [0.2, 0.25) is 0 Å². The smallest absolute Gasteiger partial charge is 0.124 e. The van der Waals surface area contributed by atoms with E-state index < -0.39 is 0 Å². The van der Waals surface area contributed by atoms with Gasteiger partial charge in [0, 0.05) is 33.0 Å². The number of aromatic nitrogens is 3. The van der Waals surface area contributed by atoms with E-state index in [1.807, 2.05) is 24.3 Å². The van der Waals surface area contributed by atoms with Crippen molar-refractivity contribution in [3.63, 3.8) is 0 Å². The third-order valence-electron chi connectivity index (χ3n) is 8.09. The van der Waals surface area contributed by atoms with Gasteiger partial charge >= 0.3 is 0 Å². The summed E-state index contributed by atoms with van der Waals surface area (Å²) in [7, 11) is 0. The monoisotopic (exact) mass is 584 g/mol. The van der Waals surface area contributed by atoms with Crippen LogP contribution in [-0.4, -0.2) is 14.5 Å². The SMILES string of the molecule is N#Cc1cccc2ccc(-n3c4ccc(-c5nc6ccccc6s5)cc4c4cc(-c5nc6ccccc6s5)ccc43)cc12. The summed E-state index contributed by atoms with van der Waals surface area (Å²) in [6.07, 6.45) is 0. The Bertz CT molecular complexity index is 2400. The molecule has 3 heterocycles. The van der Waals surface area contributed by atoms with Crippen molar-refractivity contribution in [2.45, 2.75) is 0 Å². The summed E-state index contributed by atoms with van der Waals surface area (Å²) in [5.74, 6) is 0. The molecule has 6 heteroatoms. The zero-order valence-corrected chi connectivity index (χ0v) is 24.3. The quantitative estimate of drug-likeness (QED) is 0.208. The van der Waals surface area contributed by atoms with Gasteiger partial charge < -0.3 is 4.57 Å². The molecule has 4 nitrogen and oxygen atoms in total. The van der Waals surface area contributed by atoms with Crippen molar-refractivity contribution in [1.29, 1.82) is 5.26 Å². The number of thiazole rings is 2. The third kappa shape index (κ3) is 3.80. The minimum Gasteiger partial charge on any atom is -0.309 e.